The van der Waals surface area contributed by atoms with Crippen molar-refractivity contribution in [2.24, 2.45) is 0 Å². The Morgan fingerprint density at radius 1 is 1.48 bits per heavy atom. The lowest BCUT2D eigenvalue weighted by Crippen LogP contribution is -2.40. The summed E-state index contributed by atoms with van der Waals surface area (Å²) in [6.45, 7) is 3.92. The summed E-state index contributed by atoms with van der Waals surface area (Å²) in [7, 11) is 4.04. The Hall–Kier alpha value is -1.59. The van der Waals surface area contributed by atoms with Crippen molar-refractivity contribution in [3.63, 3.8) is 0 Å². The average Bonchev–Trinajstić information content (AvgIpc) is 2.90. The highest BCUT2D eigenvalue weighted by Crippen LogP contribution is 2.17. The quantitative estimate of drug-likeness (QED) is 0.779. The van der Waals surface area contributed by atoms with Crippen LogP contribution in [-0.2, 0) is 0 Å². The predicted octanol–water partition coefficient (Wildman–Crippen LogP) is 2.18. The fourth-order valence-corrected chi connectivity index (χ4v) is 2.68. The third-order valence-electron chi connectivity index (χ3n) is 4.25. The fraction of sp³-hybridized carbons (Fsp3) is 0.562. The molecule has 0 aromatic heterocycles. The number of hydrogen-bond donors (Lipinski definition) is 3. The van der Waals surface area contributed by atoms with Gasteiger partial charge in [0.05, 0.1) is 0 Å². The second-order valence-corrected chi connectivity index (χ2v) is 5.75. The number of carbonyl (C=O) groups is 1. The molecule has 2 amide bonds. The number of benzene rings is 1. The van der Waals surface area contributed by atoms with E-state index in [1.54, 1.807) is 0 Å². The van der Waals surface area contributed by atoms with E-state index in [1.165, 1.54) is 6.42 Å². The minimum absolute atomic E-state index is 0.135. The van der Waals surface area contributed by atoms with E-state index in [0.29, 0.717) is 12.6 Å². The Balaban J connectivity index is 1.84. The Kier molecular flexibility index (Phi) is 5.59. The van der Waals surface area contributed by atoms with Crippen LogP contribution in [0.4, 0.5) is 10.5 Å². The molecule has 1 aliphatic heterocycles. The van der Waals surface area contributed by atoms with Crippen LogP contribution >= 0.6 is 0 Å². The van der Waals surface area contributed by atoms with Crippen molar-refractivity contribution in [2.75, 3.05) is 32.5 Å². The van der Waals surface area contributed by atoms with Crippen LogP contribution in [0.2, 0.25) is 0 Å². The molecule has 0 radical (unpaired) electrons. The molecule has 1 aliphatic rings. The van der Waals surface area contributed by atoms with Gasteiger partial charge in [0.15, 0.2) is 0 Å². The zero-order valence-electron chi connectivity index (χ0n) is 13.1. The first kappa shape index (κ1) is 15.8. The van der Waals surface area contributed by atoms with Crippen molar-refractivity contribution in [3.05, 3.63) is 29.8 Å². The molecule has 0 aliphatic carbocycles. The molecule has 1 saturated heterocycles. The first-order chi connectivity index (χ1) is 10.1. The molecular formula is C16H26N4O. The van der Waals surface area contributed by atoms with E-state index >= 15 is 0 Å². The van der Waals surface area contributed by atoms with Crippen molar-refractivity contribution in [1.29, 1.82) is 0 Å². The van der Waals surface area contributed by atoms with Gasteiger partial charge in [-0.15, -0.1) is 0 Å². The van der Waals surface area contributed by atoms with E-state index in [9.17, 15) is 4.79 Å². The molecule has 0 spiro atoms. The van der Waals surface area contributed by atoms with Crippen molar-refractivity contribution in [1.82, 2.24) is 15.5 Å². The molecule has 1 fully saturated rings. The first-order valence-electron chi connectivity index (χ1n) is 7.62. The Morgan fingerprint density at radius 3 is 2.95 bits per heavy atom. The van der Waals surface area contributed by atoms with Crippen molar-refractivity contribution in [3.8, 4) is 0 Å². The van der Waals surface area contributed by atoms with E-state index in [0.717, 1.165) is 24.2 Å². The van der Waals surface area contributed by atoms with Gasteiger partial charge >= 0.3 is 6.03 Å². The maximum Gasteiger partial charge on any atom is 0.319 e. The summed E-state index contributed by atoms with van der Waals surface area (Å²) in [5, 5.41) is 9.06. The van der Waals surface area contributed by atoms with Crippen LogP contribution in [-0.4, -0.2) is 44.2 Å². The topological polar surface area (TPSA) is 56.4 Å². The van der Waals surface area contributed by atoms with Gasteiger partial charge in [-0.2, -0.15) is 0 Å². The smallest absolute Gasteiger partial charge is 0.319 e. The molecule has 3 N–H and O–H groups in total. The number of likely N-dealkylation sites (N-methyl/N-ethyl adjacent to an activating group) is 1. The minimum atomic E-state index is -0.135. The second kappa shape index (κ2) is 7.43. The van der Waals surface area contributed by atoms with Gasteiger partial charge in [-0.3, -0.25) is 0 Å². The number of carbonyl (C=O) groups excluding carboxylic acids is 1. The largest absolute Gasteiger partial charge is 0.336 e. The number of likely N-dealkylation sites (tertiary alicyclic amines) is 1. The van der Waals surface area contributed by atoms with Gasteiger partial charge in [0.25, 0.3) is 0 Å². The lowest BCUT2D eigenvalue weighted by molar-refractivity contribution is 0.245. The number of nitrogens with zero attached hydrogens (tertiary/aromatic N) is 1. The molecular weight excluding hydrogens is 264 g/mol. The Morgan fingerprint density at radius 2 is 2.29 bits per heavy atom. The summed E-state index contributed by atoms with van der Waals surface area (Å²) in [5.41, 5.74) is 1.98. The highest BCUT2D eigenvalue weighted by Gasteiger charge is 2.20. The summed E-state index contributed by atoms with van der Waals surface area (Å²) in [6, 6.07) is 8.52. The van der Waals surface area contributed by atoms with Crippen LogP contribution in [0.1, 0.15) is 31.4 Å². The maximum absolute atomic E-state index is 12.0. The van der Waals surface area contributed by atoms with E-state index in [-0.39, 0.29) is 12.1 Å². The van der Waals surface area contributed by atoms with Gasteiger partial charge in [0.1, 0.15) is 0 Å². The van der Waals surface area contributed by atoms with Crippen molar-refractivity contribution >= 4 is 11.7 Å². The maximum atomic E-state index is 12.0. The molecule has 1 aromatic rings. The fourth-order valence-electron chi connectivity index (χ4n) is 2.68. The summed E-state index contributed by atoms with van der Waals surface area (Å²) >= 11 is 0. The molecule has 21 heavy (non-hydrogen) atoms. The Bertz CT molecular complexity index is 477. The van der Waals surface area contributed by atoms with Gasteiger partial charge in [-0.1, -0.05) is 12.1 Å². The van der Waals surface area contributed by atoms with Crippen LogP contribution in [0.3, 0.4) is 0 Å². The van der Waals surface area contributed by atoms with Crippen LogP contribution in [0.25, 0.3) is 0 Å². The lowest BCUT2D eigenvalue weighted by atomic mass is 10.1. The molecule has 2 rings (SSSR count). The Labute approximate surface area is 127 Å². The number of urea groups is 1. The molecule has 5 nitrogen and oxygen atoms in total. The van der Waals surface area contributed by atoms with Crippen molar-refractivity contribution < 1.29 is 4.79 Å². The zero-order chi connectivity index (χ0) is 15.2. The standard InChI is InChI=1S/C16H26N4O/c1-12(17-2)13-6-4-7-14(10-13)19-16(21)18-11-15-8-5-9-20(15)3/h4,6-7,10,12,15,17H,5,8-9,11H2,1-3H3,(H2,18,19,21). The van der Waals surface area contributed by atoms with Gasteiger partial charge in [0.2, 0.25) is 0 Å². The summed E-state index contributed by atoms with van der Waals surface area (Å²) in [4.78, 5) is 14.3. The van der Waals surface area contributed by atoms with E-state index in [2.05, 4.69) is 40.9 Å². The average molecular weight is 290 g/mol. The first-order valence-corrected chi connectivity index (χ1v) is 7.62. The number of hydrogen-bond acceptors (Lipinski definition) is 3. The third-order valence-corrected chi connectivity index (χ3v) is 4.25. The number of rotatable bonds is 5. The molecule has 1 aromatic carbocycles. The number of amides is 2. The number of nitrogens with one attached hydrogen (secondary N) is 3. The van der Waals surface area contributed by atoms with Gasteiger partial charge in [-0.25, -0.2) is 4.79 Å². The zero-order valence-corrected chi connectivity index (χ0v) is 13.1. The summed E-state index contributed by atoms with van der Waals surface area (Å²) in [5.74, 6) is 0. The molecule has 2 atom stereocenters. The predicted molar refractivity (Wildman–Crippen MR) is 86.6 cm³/mol. The molecule has 0 saturated carbocycles. The third kappa shape index (κ3) is 4.44. The highest BCUT2D eigenvalue weighted by molar-refractivity contribution is 5.89. The number of anilines is 1. The molecule has 5 heteroatoms. The van der Waals surface area contributed by atoms with Gasteiger partial charge in [0, 0.05) is 24.3 Å². The molecule has 2 unspecified atom stereocenters. The van der Waals surface area contributed by atoms with Gasteiger partial charge in [-0.05, 0) is 58.1 Å². The molecule has 116 valence electrons. The van der Waals surface area contributed by atoms with Gasteiger partial charge < -0.3 is 20.9 Å². The van der Waals surface area contributed by atoms with Crippen LogP contribution in [0.5, 0.6) is 0 Å². The lowest BCUT2D eigenvalue weighted by Gasteiger charge is -2.20. The molecule has 1 heterocycles. The summed E-state index contributed by atoms with van der Waals surface area (Å²) in [6.07, 6.45) is 2.38. The summed E-state index contributed by atoms with van der Waals surface area (Å²) < 4.78 is 0. The molecule has 0 bridgehead atoms. The van der Waals surface area contributed by atoms with Crippen LogP contribution in [0.15, 0.2) is 24.3 Å². The second-order valence-electron chi connectivity index (χ2n) is 5.75. The van der Waals surface area contributed by atoms with E-state index in [4.69, 9.17) is 0 Å². The monoisotopic (exact) mass is 290 g/mol. The minimum Gasteiger partial charge on any atom is -0.336 e. The highest BCUT2D eigenvalue weighted by atomic mass is 16.2. The van der Waals surface area contributed by atoms with E-state index < -0.39 is 0 Å². The van der Waals surface area contributed by atoms with E-state index in [1.807, 2.05) is 25.2 Å². The van der Waals surface area contributed by atoms with Crippen molar-refractivity contribution in [2.45, 2.75) is 31.8 Å². The van der Waals surface area contributed by atoms with Crippen LogP contribution < -0.4 is 16.0 Å². The SMILES string of the molecule is CNC(C)c1cccc(NC(=O)NCC2CCCN2C)c1. The van der Waals surface area contributed by atoms with Crippen LogP contribution in [0, 0.1) is 0 Å². The normalized spacial score (nSPS) is 20.2.